The Balaban J connectivity index is 1.17. The van der Waals surface area contributed by atoms with Crippen molar-refractivity contribution in [2.75, 3.05) is 9.80 Å². The Hall–Kier alpha value is -10.7. The number of hydrogen-bond donors (Lipinski definition) is 0. The Labute approximate surface area is 563 Å². The van der Waals surface area contributed by atoms with Crippen molar-refractivity contribution in [2.45, 2.75) is 78.6 Å². The second-order valence-electron chi connectivity index (χ2n) is 27.3. The third-order valence-electron chi connectivity index (χ3n) is 18.1. The first-order valence-electron chi connectivity index (χ1n) is 36.8. The molecule has 0 radical (unpaired) electrons. The first-order chi connectivity index (χ1) is 49.2. The van der Waals surface area contributed by atoms with Crippen molar-refractivity contribution in [2.24, 2.45) is 0 Å². The Morgan fingerprint density at radius 2 is 0.602 bits per heavy atom. The van der Waals surface area contributed by atoms with E-state index in [0.29, 0.717) is 51.2 Å². The molecule has 0 fully saturated rings. The Morgan fingerprint density at radius 3 is 0.957 bits per heavy atom. The van der Waals surface area contributed by atoms with E-state index in [1.54, 1.807) is 0 Å². The van der Waals surface area contributed by atoms with Crippen molar-refractivity contribution in [3.63, 3.8) is 0 Å². The minimum atomic E-state index is -0.641. The first kappa shape index (κ1) is 48.2. The molecule has 13 aromatic rings. The molecule has 0 saturated carbocycles. The van der Waals surface area contributed by atoms with Gasteiger partial charge >= 0.3 is 0 Å². The predicted octanol–water partition coefficient (Wildman–Crippen LogP) is 21.2. The van der Waals surface area contributed by atoms with Crippen LogP contribution in [0, 0.1) is 0 Å². The predicted molar refractivity (Wildman–Crippen MR) is 393 cm³/mol. The molecule has 0 aliphatic carbocycles. The van der Waals surface area contributed by atoms with Crippen LogP contribution in [-0.4, -0.2) is 21.7 Å². The summed E-state index contributed by atoms with van der Waals surface area (Å²) in [6.45, 7) is 19.3. The molecular formula is C87H74BN5. The number of hydrogen-bond acceptors (Lipinski definition) is 5. The maximum atomic E-state index is 9.60. The molecule has 0 atom stereocenters. The number of aromatic nitrogens is 3. The monoisotopic (exact) mass is 1210 g/mol. The zero-order chi connectivity index (χ0) is 72.5. The van der Waals surface area contributed by atoms with Gasteiger partial charge in [-0.2, -0.15) is 0 Å². The zero-order valence-electron chi connectivity index (χ0n) is 63.7. The van der Waals surface area contributed by atoms with E-state index in [-0.39, 0.29) is 40.7 Å². The molecule has 6 heteroatoms. The lowest BCUT2D eigenvalue weighted by atomic mass is 9.33. The van der Waals surface area contributed by atoms with Gasteiger partial charge in [0.25, 0.3) is 6.71 Å². The van der Waals surface area contributed by atoms with Crippen LogP contribution in [0.15, 0.2) is 285 Å². The van der Waals surface area contributed by atoms with Crippen LogP contribution in [0.3, 0.4) is 0 Å². The highest BCUT2D eigenvalue weighted by Gasteiger charge is 2.46. The van der Waals surface area contributed by atoms with Gasteiger partial charge in [0.05, 0.1) is 25.1 Å². The molecule has 3 heterocycles. The van der Waals surface area contributed by atoms with Crippen LogP contribution in [-0.2, 0) is 16.2 Å². The van der Waals surface area contributed by atoms with E-state index in [0.717, 1.165) is 94.6 Å². The highest BCUT2D eigenvalue weighted by atomic mass is 15.2. The normalized spacial score (nSPS) is 14.2. The fourth-order valence-electron chi connectivity index (χ4n) is 13.2. The SMILES string of the molecule is [2H]c1c([2H])c([2H])c(-c2ccc3c(c2)N(c2c(-c4ccccc4)cc(C(C)(C)C)cc2-c2ccccc2)c2cc(C(C)(C)C)cc4c2B3c2ccc(-c3c([2H])c([2H])c([2H])c([2H])c3[2H])cc2N4c2c(-c3ccccc3)cc(C(C)(C)C)cc2-c2nc(-c3ccccc3)nc(-c3ccccc3)n2)c([2H])c1[2H]. The molecule has 1 aromatic heterocycles. The van der Waals surface area contributed by atoms with Gasteiger partial charge in [0.1, 0.15) is 0 Å². The first-order valence-corrected chi connectivity index (χ1v) is 31.8. The lowest BCUT2D eigenvalue weighted by Crippen LogP contribution is -2.61. The van der Waals surface area contributed by atoms with Crippen molar-refractivity contribution >= 4 is 57.2 Å². The van der Waals surface area contributed by atoms with E-state index in [4.69, 9.17) is 23.2 Å². The number of nitrogens with zero attached hydrogens (tertiary/aromatic N) is 5. The molecule has 2 aliphatic rings. The average molecular weight is 1210 g/mol. The minimum Gasteiger partial charge on any atom is -0.310 e. The molecule has 15 rings (SSSR count). The van der Waals surface area contributed by atoms with Gasteiger partial charge in [0, 0.05) is 56.1 Å². The van der Waals surface area contributed by atoms with E-state index in [1.807, 2.05) is 127 Å². The maximum Gasteiger partial charge on any atom is 0.252 e. The number of fused-ring (bicyclic) bond motifs is 4. The largest absolute Gasteiger partial charge is 0.310 e. The lowest BCUT2D eigenvalue weighted by molar-refractivity contribution is 0.590. The Bertz CT molecular complexity index is 5410. The summed E-state index contributed by atoms with van der Waals surface area (Å²) >= 11 is 0. The van der Waals surface area contributed by atoms with Crippen LogP contribution in [0.25, 0.3) is 89.8 Å². The zero-order valence-corrected chi connectivity index (χ0v) is 53.7. The summed E-state index contributed by atoms with van der Waals surface area (Å²) in [5.41, 5.74) is 17.3. The van der Waals surface area contributed by atoms with Crippen LogP contribution >= 0.6 is 0 Å². The topological polar surface area (TPSA) is 45.2 Å². The molecule has 0 unspecified atom stereocenters. The summed E-state index contributed by atoms with van der Waals surface area (Å²) in [4.78, 5) is 21.1. The molecule has 0 N–H and O–H groups in total. The highest BCUT2D eigenvalue weighted by molar-refractivity contribution is 7.00. The van der Waals surface area contributed by atoms with Gasteiger partial charge in [0.15, 0.2) is 17.5 Å². The van der Waals surface area contributed by atoms with Gasteiger partial charge < -0.3 is 9.80 Å². The van der Waals surface area contributed by atoms with Gasteiger partial charge in [0.2, 0.25) is 0 Å². The molecule has 0 bridgehead atoms. The van der Waals surface area contributed by atoms with E-state index < -0.39 is 53.8 Å². The second kappa shape index (κ2) is 23.2. The van der Waals surface area contributed by atoms with E-state index in [1.165, 1.54) is 0 Å². The average Bonchev–Trinajstić information content (AvgIpc) is 0.685. The van der Waals surface area contributed by atoms with Crippen molar-refractivity contribution < 1.29 is 13.7 Å². The smallest absolute Gasteiger partial charge is 0.252 e. The number of anilines is 6. The summed E-state index contributed by atoms with van der Waals surface area (Å²) in [6.07, 6.45) is 0. The molecule has 0 amide bonds. The Kier molecular flexibility index (Phi) is 12.0. The summed E-state index contributed by atoms with van der Waals surface area (Å²) in [6, 6.07) is 72.3. The van der Waals surface area contributed by atoms with Gasteiger partial charge in [-0.3, -0.25) is 0 Å². The maximum absolute atomic E-state index is 9.60. The molecular weight excluding hydrogens is 1130 g/mol. The van der Waals surface area contributed by atoms with E-state index in [2.05, 4.69) is 169 Å². The van der Waals surface area contributed by atoms with Crippen LogP contribution in [0.4, 0.5) is 34.1 Å². The third kappa shape index (κ3) is 10.8. The van der Waals surface area contributed by atoms with Crippen LogP contribution < -0.4 is 26.2 Å². The molecule has 0 saturated heterocycles. The van der Waals surface area contributed by atoms with Crippen molar-refractivity contribution in [1.82, 2.24) is 15.0 Å². The van der Waals surface area contributed by atoms with E-state index >= 15 is 0 Å². The quantitative estimate of drug-likeness (QED) is 0.128. The minimum absolute atomic E-state index is 0.0341. The molecule has 0 spiro atoms. The van der Waals surface area contributed by atoms with Crippen LogP contribution in [0.1, 0.15) is 92.7 Å². The van der Waals surface area contributed by atoms with Gasteiger partial charge in [-0.1, -0.05) is 299 Å². The fourth-order valence-corrected chi connectivity index (χ4v) is 13.2. The number of rotatable bonds is 10. The molecule has 12 aromatic carbocycles. The van der Waals surface area contributed by atoms with Crippen molar-refractivity contribution in [1.29, 1.82) is 0 Å². The number of benzene rings is 12. The van der Waals surface area contributed by atoms with Crippen LogP contribution in [0.2, 0.25) is 0 Å². The van der Waals surface area contributed by atoms with Gasteiger partial charge in [-0.25, -0.2) is 15.0 Å². The molecule has 450 valence electrons. The summed E-state index contributed by atoms with van der Waals surface area (Å²) in [5.74, 6) is 1.32. The lowest BCUT2D eigenvalue weighted by Gasteiger charge is -2.46. The summed E-state index contributed by atoms with van der Waals surface area (Å²) in [7, 11) is 0. The van der Waals surface area contributed by atoms with Gasteiger partial charge in [-0.05, 0) is 137 Å². The highest BCUT2D eigenvalue weighted by Crippen LogP contribution is 2.55. The van der Waals surface area contributed by atoms with E-state index in [9.17, 15) is 5.48 Å². The third-order valence-corrected chi connectivity index (χ3v) is 18.1. The van der Waals surface area contributed by atoms with Crippen molar-refractivity contribution in [3.05, 3.63) is 302 Å². The Morgan fingerprint density at radius 1 is 0.290 bits per heavy atom. The molecule has 93 heavy (non-hydrogen) atoms. The van der Waals surface area contributed by atoms with Crippen molar-refractivity contribution in [3.8, 4) is 89.8 Å². The summed E-state index contributed by atoms with van der Waals surface area (Å²) in [5, 5.41) is 0. The molecule has 2 aliphatic heterocycles. The molecule has 5 nitrogen and oxygen atoms in total. The second-order valence-corrected chi connectivity index (χ2v) is 27.3. The van der Waals surface area contributed by atoms with Gasteiger partial charge in [-0.15, -0.1) is 0 Å². The fraction of sp³-hybridized carbons (Fsp3) is 0.138. The standard InChI is InChI=1S/C87H74BN5/c1-85(2,3)66-51-69(59-35-21-12-22-36-59)80(70(52-66)60-37-23-13-24-38-60)92-75-49-64(57-31-17-10-18-32-57)45-47-73(75)88-74-48-46-65(58-33-19-11-20-34-58)50-76(74)93(78-56-68(87(7,8)9)55-77(92)79(78)88)81-71(61-39-25-14-26-40-61)53-67(86(4,5)6)54-72(81)84-90-82(62-41-27-15-28-42-62)89-83(91-84)63-43-29-16-30-44-63/h10-56H,1-9H3/i10D,11D,17D,18D,19D,20D,31D,32D,33D,34D. The van der Waals surface area contributed by atoms with Crippen LogP contribution in [0.5, 0.6) is 0 Å². The summed E-state index contributed by atoms with van der Waals surface area (Å²) < 4.78 is 92.1.